The Balaban J connectivity index is 0.000000223. The van der Waals surface area contributed by atoms with Crippen LogP contribution >= 0.6 is 44.3 Å². The van der Waals surface area contributed by atoms with E-state index in [0.717, 1.165) is 142 Å². The molecule has 0 spiro atoms. The van der Waals surface area contributed by atoms with E-state index < -0.39 is 42.3 Å². The van der Waals surface area contributed by atoms with Crippen molar-refractivity contribution in [2.45, 2.75) is 120 Å². The summed E-state index contributed by atoms with van der Waals surface area (Å²) >= 11 is 6.89. The Bertz CT molecular complexity index is 6390. The molecule has 0 radical (unpaired) electrons. The number of carbonyl (C=O) groups excluding carboxylic acids is 3. The van der Waals surface area contributed by atoms with Crippen LogP contribution in [-0.2, 0) is 105 Å². The van der Waals surface area contributed by atoms with Crippen molar-refractivity contribution < 1.29 is 133 Å². The van der Waals surface area contributed by atoms with Crippen molar-refractivity contribution in [1.29, 1.82) is 0 Å². The molecule has 0 saturated carbocycles. The van der Waals surface area contributed by atoms with E-state index in [1.807, 2.05) is 131 Å². The number of benzene rings is 11. The Kier molecular flexibility index (Phi) is 41.7. The van der Waals surface area contributed by atoms with Gasteiger partial charge in [0.2, 0.25) is 0 Å². The number of nitrogens with two attached hydrogens (primary N) is 3. The summed E-state index contributed by atoms with van der Waals surface area (Å²) < 4.78 is 110. The van der Waals surface area contributed by atoms with E-state index in [0.29, 0.717) is 72.1 Å². The molecule has 0 unspecified atom stereocenters. The number of hydrogen-bond donors (Lipinski definition) is 8. The third-order valence-corrected chi connectivity index (χ3v) is 21.0. The van der Waals surface area contributed by atoms with Crippen molar-refractivity contribution in [3.05, 3.63) is 335 Å². The van der Waals surface area contributed by atoms with E-state index in [4.69, 9.17) is 78.8 Å². The number of aliphatic carboxylic acids is 1. The van der Waals surface area contributed by atoms with Crippen LogP contribution in [0, 0.1) is 51.0 Å². The number of carboxylic acids is 1. The van der Waals surface area contributed by atoms with Gasteiger partial charge in [-0.3, -0.25) is 19.2 Å². The second-order valence-corrected chi connectivity index (χ2v) is 31.0. The first kappa shape index (κ1) is 106. The summed E-state index contributed by atoms with van der Waals surface area (Å²) in [5.74, 6) is -3.42. The Hall–Kier alpha value is -12.0. The molecule has 12 N–H and O–H groups in total. The molecular formula is C99H98BBr2ClF4LiN3O20. The Labute approximate surface area is 789 Å². The molecule has 23 nitrogen and oxygen atoms in total. The number of aliphatic hydroxyl groups excluding tert-OH is 1. The van der Waals surface area contributed by atoms with E-state index in [9.17, 15) is 41.8 Å². The molecule has 0 aliphatic rings. The first-order chi connectivity index (χ1) is 61.5. The Morgan fingerprint density at radius 2 is 0.725 bits per heavy atom. The van der Waals surface area contributed by atoms with Gasteiger partial charge in [0.05, 0.1) is 86.1 Å². The fourth-order valence-electron chi connectivity index (χ4n) is 13.4. The van der Waals surface area contributed by atoms with Crippen LogP contribution in [0.15, 0.2) is 246 Å². The number of phenolic OH excluding ortho intramolecular Hbond substituents is 1. The maximum atomic E-state index is 13.9. The topological polar surface area (TPSA) is 385 Å². The molecule has 0 fully saturated rings. The largest absolute Gasteiger partial charge is 1.00 e. The number of ether oxygens (including phenoxy) is 6. The van der Waals surface area contributed by atoms with E-state index in [2.05, 4.69) is 36.6 Å². The van der Waals surface area contributed by atoms with Crippen molar-refractivity contribution in [1.82, 2.24) is 0 Å². The van der Waals surface area contributed by atoms with E-state index in [1.165, 1.54) is 54.6 Å². The third kappa shape index (κ3) is 30.0. The third-order valence-electron chi connectivity index (χ3n) is 19.8. The summed E-state index contributed by atoms with van der Waals surface area (Å²) in [7, 11) is -1.40. The van der Waals surface area contributed by atoms with Gasteiger partial charge in [0.15, 0.2) is 0 Å². The first-order valence-electron chi connectivity index (χ1n) is 40.6. The standard InChI is InChI=1S/C27H26FNO4.C25H22FNO4.C20H18BrFO4.C10H9BrO2.C10H11FO3.C7H10BNO2.ClH.Li.H2O/c1-3-31-26(30)12-21-7-8-22(28)13-25(21)32-16-19-10-23-17(2)15-33-27(23)24(11-19)20-6-4-5-18(9-20)14-29;1-15-13-31-25-21(15)8-17(9-22(25)18-4-2-3-16(7-18)12-27)14-30-23-11-20(26)6-5-19(23)10-24(28)29;1-3-24-19(23)8-14-4-5-15(22)9-18(14)25-11-13-6-16-12(2)10-26-20(16)17(21)7-13;1-6-5-13-10-8(6)2-7(4-12)3-9(10)11;1-2-14-10(13)5-7-3-4-8(11)6-9(7)12;9-5-6-2-1-3-7(4-6)8(10)11;;;/h4-11,13,15H,3,12,14,16,29H2,1-2H3;2-9,11,13H,10,12,14,27H2,1H3,(H,28,29);4-7,9-10H,3,8,11H2,1-2H3;2-3,5,12H,4H2,1H3;3-4,6,12H,2,5H2,1H3;1-4,10-11H,5,9H2;1H;;1H2/q;;;;;;;+1;/p-1. The minimum atomic E-state index is -1.40. The summed E-state index contributed by atoms with van der Waals surface area (Å²) in [5, 5.41) is 48.9. The van der Waals surface area contributed by atoms with Crippen LogP contribution in [0.5, 0.6) is 23.0 Å². The van der Waals surface area contributed by atoms with Crippen LogP contribution in [0.3, 0.4) is 0 Å². The minimum Gasteiger partial charge on any atom is -0.870 e. The zero-order chi connectivity index (χ0) is 92.3. The van der Waals surface area contributed by atoms with Crippen molar-refractivity contribution in [2.75, 3.05) is 19.8 Å². The molecule has 0 bridgehead atoms. The van der Waals surface area contributed by atoms with Gasteiger partial charge in [0.1, 0.15) is 88.4 Å². The Morgan fingerprint density at radius 3 is 1.08 bits per heavy atom. The molecule has 32 heteroatoms. The number of carbonyl (C=O) groups is 4. The van der Waals surface area contributed by atoms with Crippen molar-refractivity contribution >= 4 is 125 Å². The number of halogens is 7. The molecule has 0 atom stereocenters. The number of esters is 3. The van der Waals surface area contributed by atoms with E-state index in [-0.39, 0.29) is 119 Å². The second kappa shape index (κ2) is 51.6. The minimum absolute atomic E-state index is 0. The van der Waals surface area contributed by atoms with Crippen LogP contribution in [-0.4, -0.2) is 81.7 Å². The predicted molar refractivity (Wildman–Crippen MR) is 498 cm³/mol. The molecule has 4 aromatic heterocycles. The summed E-state index contributed by atoms with van der Waals surface area (Å²) in [4.78, 5) is 45.8. The Morgan fingerprint density at radius 1 is 0.405 bits per heavy atom. The van der Waals surface area contributed by atoms with Crippen LogP contribution < -0.4 is 55.7 Å². The predicted octanol–water partition coefficient (Wildman–Crippen LogP) is 16.9. The van der Waals surface area contributed by atoms with Gasteiger partial charge >= 0.3 is 49.9 Å². The molecule has 0 aliphatic heterocycles. The summed E-state index contributed by atoms with van der Waals surface area (Å²) in [5.41, 5.74) is 37.0. The normalized spacial score (nSPS) is 10.5. The number of rotatable bonds is 27. The molecule has 0 aliphatic carbocycles. The van der Waals surface area contributed by atoms with Gasteiger partial charge in [0.25, 0.3) is 0 Å². The van der Waals surface area contributed by atoms with Crippen molar-refractivity contribution in [3.8, 4) is 45.3 Å². The van der Waals surface area contributed by atoms with Gasteiger partial charge in [0, 0.05) is 98.8 Å². The summed E-state index contributed by atoms with van der Waals surface area (Å²) in [6.45, 7) is 15.9. The van der Waals surface area contributed by atoms with Gasteiger partial charge in [-0.15, -0.1) is 12.4 Å². The molecule has 682 valence electrons. The van der Waals surface area contributed by atoms with Crippen LogP contribution in [0.25, 0.3) is 66.1 Å². The maximum absolute atomic E-state index is 13.9. The summed E-state index contributed by atoms with van der Waals surface area (Å²) in [6, 6.07) is 54.2. The molecule has 11 aromatic carbocycles. The number of fused-ring (bicyclic) bond motifs is 4. The van der Waals surface area contributed by atoms with Crippen LogP contribution in [0.2, 0.25) is 0 Å². The molecule has 15 aromatic rings. The molecule has 0 saturated heterocycles. The molecule has 4 heterocycles. The van der Waals surface area contributed by atoms with Gasteiger partial charge in [-0.25, -0.2) is 17.6 Å². The smallest absolute Gasteiger partial charge is 0.870 e. The second-order valence-electron chi connectivity index (χ2n) is 29.3. The SMILES string of the molecule is CCOC(=O)Cc1ccc(F)cc1O.CCOC(=O)Cc1ccc(F)cc1OCc1cc(-c2cccc(CN)c2)c2occ(C)c2c1.CCOC(=O)Cc1ccc(F)cc1OCc1cc(Br)c2occ(C)c2c1.Cc1coc2c(-c3cccc(CN)c3)cc(COc3cc(F)ccc3CC(=O)O)cc12.Cc1coc2c(Br)cc(CO)cc12.Cl.NCc1cccc(B(O)O)c1.[Li+].[OH-]. The number of furan rings is 4. The van der Waals surface area contributed by atoms with Crippen molar-refractivity contribution in [3.63, 3.8) is 0 Å². The van der Waals surface area contributed by atoms with Gasteiger partial charge in [-0.05, 0) is 243 Å². The molecule has 0 amide bonds. The fraction of sp³-hybridized carbons (Fsp3) is 0.212. The number of hydrogen-bond acceptors (Lipinski definition) is 22. The van der Waals surface area contributed by atoms with E-state index in [1.54, 1.807) is 76.2 Å². The van der Waals surface area contributed by atoms with Gasteiger partial charge in [-0.1, -0.05) is 84.9 Å². The fourth-order valence-corrected chi connectivity index (χ4v) is 14.6. The van der Waals surface area contributed by atoms with Gasteiger partial charge in [-0.2, -0.15) is 0 Å². The number of phenols is 1. The maximum Gasteiger partial charge on any atom is 1.00 e. The molecule has 15 rings (SSSR count). The summed E-state index contributed by atoms with van der Waals surface area (Å²) in [6.07, 6.45) is 6.62. The molecular weight excluding hydrogens is 1840 g/mol. The molecule has 131 heavy (non-hydrogen) atoms. The monoisotopic (exact) mass is 1940 g/mol. The van der Waals surface area contributed by atoms with Crippen LogP contribution in [0.4, 0.5) is 17.6 Å². The number of aryl methyl sites for hydroxylation is 4. The first-order valence-corrected chi connectivity index (χ1v) is 42.2. The number of carboxylic acid groups (broad SMARTS) is 1. The van der Waals surface area contributed by atoms with E-state index >= 15 is 0 Å². The number of aliphatic hydroxyl groups is 1. The zero-order valence-corrected chi connectivity index (χ0v) is 77.1. The quantitative estimate of drug-likeness (QED) is 0.0103. The average Bonchev–Trinajstić information content (AvgIpc) is 1.72. The van der Waals surface area contributed by atoms with Crippen LogP contribution in [0.1, 0.15) is 104 Å². The number of aromatic hydroxyl groups is 1. The zero-order valence-electron chi connectivity index (χ0n) is 73.1. The van der Waals surface area contributed by atoms with Gasteiger partial charge < -0.3 is 94.1 Å². The average molecular weight is 1940 g/mol. The van der Waals surface area contributed by atoms with Crippen molar-refractivity contribution in [2.24, 2.45) is 17.2 Å².